The Morgan fingerprint density at radius 1 is 1.04 bits per heavy atom. The third-order valence-electron chi connectivity index (χ3n) is 6.12. The zero-order chi connectivity index (χ0) is 18.7. The fourth-order valence-corrected chi connectivity index (χ4v) is 4.72. The Balaban J connectivity index is 0.00000261. The van der Waals surface area contributed by atoms with Crippen LogP contribution in [0.1, 0.15) is 66.7 Å². The minimum atomic E-state index is -0.0378. The van der Waals surface area contributed by atoms with Crippen molar-refractivity contribution in [3.63, 3.8) is 0 Å². The molecule has 5 nitrogen and oxygen atoms in total. The van der Waals surface area contributed by atoms with Gasteiger partial charge in [0.05, 0.1) is 0 Å². The normalized spacial score (nSPS) is 26.6. The molecule has 0 saturated heterocycles. The molecule has 27 heavy (non-hydrogen) atoms. The van der Waals surface area contributed by atoms with E-state index in [1.807, 2.05) is 13.8 Å². The van der Waals surface area contributed by atoms with Crippen molar-refractivity contribution in [2.24, 2.45) is 17.6 Å². The zero-order valence-electron chi connectivity index (χ0n) is 16.3. The van der Waals surface area contributed by atoms with E-state index in [1.54, 1.807) is 29.2 Å². The standard InChI is InChI=1S/C21H31N3O2.ClH/c1-3-24(4-2)21(26)15-10-8-14(9-11-15)20(25)23-19-16-6-5-7-17(19)13-18(22)12-16;/h8-11,16-19H,3-7,12-13,22H2,1-2H3,(H,23,25);1H. The highest BCUT2D eigenvalue weighted by atomic mass is 35.5. The van der Waals surface area contributed by atoms with Crippen molar-refractivity contribution in [2.75, 3.05) is 13.1 Å². The van der Waals surface area contributed by atoms with E-state index >= 15 is 0 Å². The van der Waals surface area contributed by atoms with Crippen LogP contribution in [-0.2, 0) is 0 Å². The van der Waals surface area contributed by atoms with Gasteiger partial charge in [0.1, 0.15) is 0 Å². The van der Waals surface area contributed by atoms with E-state index in [0.717, 1.165) is 25.7 Å². The summed E-state index contributed by atoms with van der Waals surface area (Å²) in [7, 11) is 0. The van der Waals surface area contributed by atoms with Crippen molar-refractivity contribution in [3.05, 3.63) is 35.4 Å². The van der Waals surface area contributed by atoms with Crippen molar-refractivity contribution < 1.29 is 9.59 Å². The van der Waals surface area contributed by atoms with Gasteiger partial charge in [0.2, 0.25) is 0 Å². The van der Waals surface area contributed by atoms with Gasteiger partial charge in [0, 0.05) is 36.3 Å². The average Bonchev–Trinajstić information content (AvgIpc) is 2.63. The van der Waals surface area contributed by atoms with Crippen LogP contribution in [-0.4, -0.2) is 41.9 Å². The van der Waals surface area contributed by atoms with Crippen molar-refractivity contribution >= 4 is 24.2 Å². The molecule has 150 valence electrons. The van der Waals surface area contributed by atoms with E-state index < -0.39 is 0 Å². The molecule has 2 unspecified atom stereocenters. The highest BCUT2D eigenvalue weighted by Crippen LogP contribution is 2.39. The number of rotatable bonds is 5. The van der Waals surface area contributed by atoms with E-state index in [1.165, 1.54) is 6.42 Å². The van der Waals surface area contributed by atoms with Crippen molar-refractivity contribution in [3.8, 4) is 0 Å². The summed E-state index contributed by atoms with van der Waals surface area (Å²) in [5.74, 6) is 0.983. The number of nitrogens with two attached hydrogens (primary N) is 1. The minimum Gasteiger partial charge on any atom is -0.349 e. The Bertz CT molecular complexity index is 631. The number of carbonyl (C=O) groups is 2. The van der Waals surface area contributed by atoms with Gasteiger partial charge in [0.15, 0.2) is 0 Å². The lowest BCUT2D eigenvalue weighted by molar-refractivity contribution is 0.0751. The molecule has 2 bridgehead atoms. The largest absolute Gasteiger partial charge is 0.349 e. The number of halogens is 1. The molecule has 6 heteroatoms. The van der Waals surface area contributed by atoms with Crippen LogP contribution in [0.4, 0.5) is 0 Å². The number of amides is 2. The molecule has 0 aliphatic heterocycles. The van der Waals surface area contributed by atoms with Gasteiger partial charge >= 0.3 is 0 Å². The number of benzene rings is 1. The van der Waals surface area contributed by atoms with Crippen LogP contribution >= 0.6 is 12.4 Å². The van der Waals surface area contributed by atoms with E-state index in [0.29, 0.717) is 36.1 Å². The molecule has 1 aromatic rings. The van der Waals surface area contributed by atoms with Crippen LogP contribution in [0.2, 0.25) is 0 Å². The van der Waals surface area contributed by atoms with Crippen LogP contribution < -0.4 is 11.1 Å². The summed E-state index contributed by atoms with van der Waals surface area (Å²) in [6.45, 7) is 5.31. The Kier molecular flexibility index (Phi) is 7.68. The Hall–Kier alpha value is -1.59. The molecule has 2 fully saturated rings. The van der Waals surface area contributed by atoms with Crippen LogP contribution in [0.25, 0.3) is 0 Å². The summed E-state index contributed by atoms with van der Waals surface area (Å²) in [5, 5.41) is 3.26. The van der Waals surface area contributed by atoms with Gasteiger partial charge in [-0.1, -0.05) is 6.42 Å². The minimum absolute atomic E-state index is 0. The molecule has 0 radical (unpaired) electrons. The van der Waals surface area contributed by atoms with Gasteiger partial charge in [-0.05, 0) is 75.6 Å². The van der Waals surface area contributed by atoms with Crippen molar-refractivity contribution in [1.82, 2.24) is 10.2 Å². The highest BCUT2D eigenvalue weighted by molar-refractivity contribution is 5.98. The second-order valence-electron chi connectivity index (χ2n) is 7.74. The molecule has 0 heterocycles. The quantitative estimate of drug-likeness (QED) is 0.806. The summed E-state index contributed by atoms with van der Waals surface area (Å²) in [6.07, 6.45) is 5.59. The van der Waals surface area contributed by atoms with E-state index in [-0.39, 0.29) is 36.3 Å². The summed E-state index contributed by atoms with van der Waals surface area (Å²) < 4.78 is 0. The second kappa shape index (κ2) is 9.56. The van der Waals surface area contributed by atoms with Gasteiger partial charge in [-0.2, -0.15) is 0 Å². The maximum absolute atomic E-state index is 12.7. The van der Waals surface area contributed by atoms with E-state index in [9.17, 15) is 9.59 Å². The molecule has 2 saturated carbocycles. The topological polar surface area (TPSA) is 75.4 Å². The van der Waals surface area contributed by atoms with Crippen LogP contribution in [0.15, 0.2) is 24.3 Å². The van der Waals surface area contributed by atoms with Crippen molar-refractivity contribution in [2.45, 2.75) is 58.0 Å². The fourth-order valence-electron chi connectivity index (χ4n) is 4.72. The molecular weight excluding hydrogens is 362 g/mol. The lowest BCUT2D eigenvalue weighted by atomic mass is 9.67. The number of fused-ring (bicyclic) bond motifs is 2. The third-order valence-corrected chi connectivity index (χ3v) is 6.12. The molecule has 2 aliphatic carbocycles. The van der Waals surface area contributed by atoms with Crippen LogP contribution in [0.3, 0.4) is 0 Å². The molecule has 3 N–H and O–H groups in total. The average molecular weight is 394 g/mol. The molecule has 2 amide bonds. The zero-order valence-corrected chi connectivity index (χ0v) is 17.1. The molecule has 0 spiro atoms. The molecule has 2 atom stereocenters. The van der Waals surface area contributed by atoms with Crippen LogP contribution in [0, 0.1) is 11.8 Å². The molecule has 2 aliphatic rings. The third kappa shape index (κ3) is 4.82. The SMILES string of the molecule is CCN(CC)C(=O)c1ccc(C(=O)NC2C3CCCC2CC(N)C3)cc1.Cl. The molecule has 0 aromatic heterocycles. The first-order valence-electron chi connectivity index (χ1n) is 9.99. The summed E-state index contributed by atoms with van der Waals surface area (Å²) >= 11 is 0. The number of hydrogen-bond acceptors (Lipinski definition) is 3. The summed E-state index contributed by atoms with van der Waals surface area (Å²) in [4.78, 5) is 26.9. The Labute approximate surface area is 168 Å². The fraction of sp³-hybridized carbons (Fsp3) is 0.619. The number of nitrogens with one attached hydrogen (secondary N) is 1. The van der Waals surface area contributed by atoms with E-state index in [4.69, 9.17) is 5.73 Å². The first kappa shape index (κ1) is 21.7. The highest BCUT2D eigenvalue weighted by Gasteiger charge is 2.39. The predicted octanol–water partition coefficient (Wildman–Crippen LogP) is 3.23. The Morgan fingerprint density at radius 3 is 2.07 bits per heavy atom. The van der Waals surface area contributed by atoms with Crippen molar-refractivity contribution in [1.29, 1.82) is 0 Å². The smallest absolute Gasteiger partial charge is 0.253 e. The number of hydrogen-bond donors (Lipinski definition) is 2. The monoisotopic (exact) mass is 393 g/mol. The van der Waals surface area contributed by atoms with Crippen LogP contribution in [0.5, 0.6) is 0 Å². The first-order chi connectivity index (χ1) is 12.5. The van der Waals surface area contributed by atoms with Gasteiger partial charge in [-0.3, -0.25) is 9.59 Å². The van der Waals surface area contributed by atoms with Gasteiger partial charge in [-0.25, -0.2) is 0 Å². The predicted molar refractivity (Wildman–Crippen MR) is 110 cm³/mol. The maximum Gasteiger partial charge on any atom is 0.253 e. The lowest BCUT2D eigenvalue weighted by Gasteiger charge is -2.45. The number of nitrogens with zero attached hydrogens (tertiary/aromatic N) is 1. The van der Waals surface area contributed by atoms with Gasteiger partial charge in [-0.15, -0.1) is 12.4 Å². The molecule has 1 aromatic carbocycles. The molecular formula is C21H32ClN3O2. The number of carbonyl (C=O) groups excluding carboxylic acids is 2. The summed E-state index contributed by atoms with van der Waals surface area (Å²) in [6, 6.07) is 7.56. The first-order valence-corrected chi connectivity index (χ1v) is 9.99. The summed E-state index contributed by atoms with van der Waals surface area (Å²) in [5.41, 5.74) is 7.42. The Morgan fingerprint density at radius 2 is 1.56 bits per heavy atom. The lowest BCUT2D eigenvalue weighted by Crippen LogP contribution is -2.53. The van der Waals surface area contributed by atoms with Gasteiger partial charge in [0.25, 0.3) is 11.8 Å². The van der Waals surface area contributed by atoms with Gasteiger partial charge < -0.3 is 16.0 Å². The maximum atomic E-state index is 12.7. The van der Waals surface area contributed by atoms with E-state index in [2.05, 4.69) is 5.32 Å². The molecule has 3 rings (SSSR count). The second-order valence-corrected chi connectivity index (χ2v) is 7.74.